The second-order valence-corrected chi connectivity index (χ2v) is 8.94. The van der Waals surface area contributed by atoms with Crippen LogP contribution in [0.4, 0.5) is 0 Å². The molecule has 8 heteroatoms. The van der Waals surface area contributed by atoms with Gasteiger partial charge in [-0.2, -0.15) is 5.10 Å². The number of ether oxygens (including phenoxy) is 1. The number of para-hydroxylation sites is 1. The minimum Gasteiger partial charge on any atom is -0.422 e. The molecule has 1 heterocycles. The zero-order chi connectivity index (χ0) is 25.8. The molecule has 4 aromatic carbocycles. The number of nitrogens with zero attached hydrogens (tertiary/aromatic N) is 1. The first kappa shape index (κ1) is 24.3. The molecular weight excluding hydrogens is 509 g/mol. The Bertz CT molecular complexity index is 1630. The number of esters is 1. The number of aromatic nitrogens is 1. The lowest BCUT2D eigenvalue weighted by atomic mass is 10.0. The number of carbonyl (C=O) groups is 2. The summed E-state index contributed by atoms with van der Waals surface area (Å²) in [5.41, 5.74) is 6.15. The number of fused-ring (bicyclic) bond motifs is 1. The first-order valence-electron chi connectivity index (χ1n) is 11.3. The van der Waals surface area contributed by atoms with E-state index in [0.717, 1.165) is 22.0 Å². The molecule has 2 N–H and O–H groups in total. The predicted molar refractivity (Wildman–Crippen MR) is 147 cm³/mol. The van der Waals surface area contributed by atoms with Crippen LogP contribution in [0.2, 0.25) is 10.0 Å². The molecule has 0 aliphatic rings. The molecule has 0 fully saturated rings. The Kier molecular flexibility index (Phi) is 7.03. The van der Waals surface area contributed by atoms with E-state index in [9.17, 15) is 9.59 Å². The molecule has 0 atom stereocenters. The zero-order valence-corrected chi connectivity index (χ0v) is 20.8. The number of nitrogens with one attached hydrogen (secondary N) is 2. The lowest BCUT2D eigenvalue weighted by molar-refractivity contribution is 0.0734. The van der Waals surface area contributed by atoms with E-state index in [-0.39, 0.29) is 0 Å². The number of halogens is 2. The monoisotopic (exact) mass is 527 g/mol. The summed E-state index contributed by atoms with van der Waals surface area (Å²) in [6, 6.07) is 28.3. The molecule has 1 amide bonds. The van der Waals surface area contributed by atoms with Crippen molar-refractivity contribution < 1.29 is 14.3 Å². The van der Waals surface area contributed by atoms with Crippen LogP contribution in [0.5, 0.6) is 5.75 Å². The average molecular weight is 528 g/mol. The summed E-state index contributed by atoms with van der Waals surface area (Å²) in [5, 5.41) is 6.03. The van der Waals surface area contributed by atoms with Gasteiger partial charge in [-0.05, 0) is 60.2 Å². The van der Waals surface area contributed by atoms with Crippen molar-refractivity contribution in [3.05, 3.63) is 124 Å². The summed E-state index contributed by atoms with van der Waals surface area (Å²) in [6.45, 7) is 0. The van der Waals surface area contributed by atoms with Gasteiger partial charge < -0.3 is 9.72 Å². The fraction of sp³-hybridized carbons (Fsp3) is 0. The van der Waals surface area contributed by atoms with Gasteiger partial charge in [-0.15, -0.1) is 0 Å². The Morgan fingerprint density at radius 1 is 0.838 bits per heavy atom. The summed E-state index contributed by atoms with van der Waals surface area (Å²) in [7, 11) is 0. The van der Waals surface area contributed by atoms with Crippen molar-refractivity contribution >= 4 is 52.2 Å². The highest BCUT2D eigenvalue weighted by molar-refractivity contribution is 6.31. The fourth-order valence-electron chi connectivity index (χ4n) is 3.88. The first-order chi connectivity index (χ1) is 18.0. The molecule has 0 saturated heterocycles. The van der Waals surface area contributed by atoms with Crippen LogP contribution in [0, 0.1) is 0 Å². The van der Waals surface area contributed by atoms with Crippen LogP contribution in [-0.2, 0) is 0 Å². The lowest BCUT2D eigenvalue weighted by Crippen LogP contribution is -2.19. The minimum absolute atomic E-state index is 0.297. The minimum atomic E-state index is -0.536. The summed E-state index contributed by atoms with van der Waals surface area (Å²) < 4.78 is 5.54. The molecule has 0 saturated carbocycles. The van der Waals surface area contributed by atoms with Gasteiger partial charge in [0.1, 0.15) is 11.4 Å². The van der Waals surface area contributed by atoms with E-state index in [4.69, 9.17) is 27.9 Å². The van der Waals surface area contributed by atoms with Crippen LogP contribution in [-0.4, -0.2) is 23.1 Å². The van der Waals surface area contributed by atoms with E-state index in [1.807, 2.05) is 42.5 Å². The van der Waals surface area contributed by atoms with Gasteiger partial charge in [0, 0.05) is 32.1 Å². The highest BCUT2D eigenvalue weighted by Crippen LogP contribution is 2.34. The molecule has 0 aliphatic carbocycles. The van der Waals surface area contributed by atoms with Crippen molar-refractivity contribution in [2.45, 2.75) is 0 Å². The van der Waals surface area contributed by atoms with Crippen molar-refractivity contribution in [1.82, 2.24) is 10.4 Å². The number of hydrazone groups is 1. The Hall–Kier alpha value is -4.39. The number of hydrogen-bond donors (Lipinski definition) is 2. The van der Waals surface area contributed by atoms with Gasteiger partial charge in [0.25, 0.3) is 5.91 Å². The van der Waals surface area contributed by atoms with Crippen LogP contribution in [0.15, 0.2) is 102 Å². The smallest absolute Gasteiger partial charge is 0.343 e. The molecule has 0 radical (unpaired) electrons. The molecule has 6 nitrogen and oxygen atoms in total. The van der Waals surface area contributed by atoms with E-state index in [2.05, 4.69) is 15.5 Å². The van der Waals surface area contributed by atoms with Gasteiger partial charge in [-0.3, -0.25) is 4.79 Å². The van der Waals surface area contributed by atoms with Crippen LogP contribution >= 0.6 is 23.2 Å². The second kappa shape index (κ2) is 10.7. The molecule has 5 aromatic rings. The van der Waals surface area contributed by atoms with Crippen molar-refractivity contribution in [3.63, 3.8) is 0 Å². The Morgan fingerprint density at radius 3 is 2.32 bits per heavy atom. The van der Waals surface area contributed by atoms with Crippen LogP contribution < -0.4 is 10.2 Å². The molecule has 182 valence electrons. The van der Waals surface area contributed by atoms with Gasteiger partial charge in [-0.25, -0.2) is 10.2 Å². The number of carbonyl (C=O) groups excluding carboxylic acids is 2. The van der Waals surface area contributed by atoms with Crippen LogP contribution in [0.25, 0.3) is 22.0 Å². The maximum Gasteiger partial charge on any atom is 0.343 e. The normalized spacial score (nSPS) is 11.1. The molecule has 0 bridgehead atoms. The molecule has 37 heavy (non-hydrogen) atoms. The predicted octanol–water partition coefficient (Wildman–Crippen LogP) is 7.12. The van der Waals surface area contributed by atoms with Gasteiger partial charge in [0.2, 0.25) is 0 Å². The van der Waals surface area contributed by atoms with Gasteiger partial charge in [0.05, 0.1) is 11.8 Å². The van der Waals surface area contributed by atoms with Gasteiger partial charge in [-0.1, -0.05) is 65.7 Å². The lowest BCUT2D eigenvalue weighted by Gasteiger charge is -2.07. The van der Waals surface area contributed by atoms with E-state index in [1.54, 1.807) is 54.6 Å². The Morgan fingerprint density at radius 2 is 1.54 bits per heavy atom. The van der Waals surface area contributed by atoms with E-state index in [1.165, 1.54) is 6.21 Å². The molecule has 1 aromatic heterocycles. The average Bonchev–Trinajstić information content (AvgIpc) is 3.29. The van der Waals surface area contributed by atoms with Crippen LogP contribution in [0.1, 0.15) is 26.4 Å². The zero-order valence-electron chi connectivity index (χ0n) is 19.2. The number of benzene rings is 4. The van der Waals surface area contributed by atoms with Crippen molar-refractivity contribution in [3.8, 4) is 16.9 Å². The summed E-state index contributed by atoms with van der Waals surface area (Å²) in [4.78, 5) is 28.9. The number of rotatable bonds is 6. The number of hydrogen-bond acceptors (Lipinski definition) is 4. The number of aromatic amines is 1. The highest BCUT2D eigenvalue weighted by Gasteiger charge is 2.19. The van der Waals surface area contributed by atoms with E-state index >= 15 is 0 Å². The number of amides is 1. The quantitative estimate of drug-likeness (QED) is 0.107. The SMILES string of the molecule is O=C(Oc1ccccc1C=NNC(=O)c1[nH]c2ccc(Cl)cc2c1-c1ccccc1)c1ccc(Cl)cc1. The highest BCUT2D eigenvalue weighted by atomic mass is 35.5. The third-order valence-electron chi connectivity index (χ3n) is 5.62. The molecule has 0 unspecified atom stereocenters. The first-order valence-corrected chi connectivity index (χ1v) is 12.0. The van der Waals surface area contributed by atoms with Crippen molar-refractivity contribution in [2.24, 2.45) is 5.10 Å². The fourth-order valence-corrected chi connectivity index (χ4v) is 4.18. The maximum atomic E-state index is 13.2. The molecule has 0 aliphatic heterocycles. The van der Waals surface area contributed by atoms with Crippen LogP contribution in [0.3, 0.4) is 0 Å². The second-order valence-electron chi connectivity index (χ2n) is 8.06. The van der Waals surface area contributed by atoms with E-state index in [0.29, 0.717) is 32.6 Å². The largest absolute Gasteiger partial charge is 0.422 e. The molecule has 5 rings (SSSR count). The van der Waals surface area contributed by atoms with Crippen molar-refractivity contribution in [2.75, 3.05) is 0 Å². The molecular formula is C29H19Cl2N3O3. The summed E-state index contributed by atoms with van der Waals surface area (Å²) in [5.74, 6) is -0.672. The maximum absolute atomic E-state index is 13.2. The summed E-state index contributed by atoms with van der Waals surface area (Å²) in [6.07, 6.45) is 1.42. The third-order valence-corrected chi connectivity index (χ3v) is 6.11. The standard InChI is InChI=1S/C29H19Cl2N3O3/c30-21-12-10-19(11-13-21)29(36)37-25-9-5-4-8-20(25)17-32-34-28(35)27-26(18-6-2-1-3-7-18)23-16-22(31)14-15-24(23)33-27/h1-17,33H,(H,34,35). The molecule has 0 spiro atoms. The Labute approximate surface area is 222 Å². The Balaban J connectivity index is 1.38. The van der Waals surface area contributed by atoms with E-state index < -0.39 is 11.9 Å². The van der Waals surface area contributed by atoms with Gasteiger partial charge >= 0.3 is 5.97 Å². The topological polar surface area (TPSA) is 83.5 Å². The van der Waals surface area contributed by atoms with Crippen molar-refractivity contribution in [1.29, 1.82) is 0 Å². The third kappa shape index (κ3) is 5.40. The summed E-state index contributed by atoms with van der Waals surface area (Å²) >= 11 is 12.1. The van der Waals surface area contributed by atoms with Gasteiger partial charge in [0.15, 0.2) is 0 Å². The number of H-pyrrole nitrogens is 1.